The van der Waals surface area contributed by atoms with E-state index in [0.717, 1.165) is 31.2 Å². The van der Waals surface area contributed by atoms with Gasteiger partial charge in [0, 0.05) is 12.6 Å². The Bertz CT molecular complexity index is 685. The van der Waals surface area contributed by atoms with E-state index in [4.69, 9.17) is 5.73 Å². The van der Waals surface area contributed by atoms with Gasteiger partial charge in [0.1, 0.15) is 5.82 Å². The van der Waals surface area contributed by atoms with E-state index in [1.165, 1.54) is 12.1 Å². The third-order valence-corrected chi connectivity index (χ3v) is 4.52. The molecule has 128 valence electrons. The molecular weight excluding hydrogens is 309 g/mol. The van der Waals surface area contributed by atoms with Crippen LogP contribution in [-0.4, -0.2) is 33.5 Å². The molecule has 1 aromatic heterocycles. The second-order valence-corrected chi connectivity index (χ2v) is 6.26. The van der Waals surface area contributed by atoms with Crippen LogP contribution in [-0.2, 0) is 13.0 Å². The van der Waals surface area contributed by atoms with Crippen LogP contribution in [0.4, 0.5) is 4.39 Å². The third kappa shape index (κ3) is 3.97. The zero-order valence-electron chi connectivity index (χ0n) is 13.5. The summed E-state index contributed by atoms with van der Waals surface area (Å²) in [7, 11) is 0. The van der Waals surface area contributed by atoms with Gasteiger partial charge in [-0.2, -0.15) is 0 Å². The number of nitrogens with zero attached hydrogens (tertiary/aromatic N) is 3. The van der Waals surface area contributed by atoms with Crippen molar-refractivity contribution < 1.29 is 9.18 Å². The first-order valence-electron chi connectivity index (χ1n) is 8.31. The van der Waals surface area contributed by atoms with Gasteiger partial charge in [0.05, 0.1) is 12.7 Å². The Hall–Kier alpha value is -2.28. The Balaban J connectivity index is 1.60. The van der Waals surface area contributed by atoms with Gasteiger partial charge in [-0.25, -0.2) is 4.39 Å². The summed E-state index contributed by atoms with van der Waals surface area (Å²) in [6.45, 7) is 0.990. The largest absolute Gasteiger partial charge is 0.348 e. The maximum Gasteiger partial charge on any atom is 0.273 e. The Morgan fingerprint density at radius 2 is 2.12 bits per heavy atom. The van der Waals surface area contributed by atoms with E-state index in [-0.39, 0.29) is 17.8 Å². The normalized spacial score (nSPS) is 20.2. The molecule has 0 aliphatic heterocycles. The summed E-state index contributed by atoms with van der Waals surface area (Å²) in [5, 5.41) is 10.9. The number of hydrogen-bond acceptors (Lipinski definition) is 4. The van der Waals surface area contributed by atoms with Gasteiger partial charge in [0.15, 0.2) is 5.69 Å². The zero-order valence-corrected chi connectivity index (χ0v) is 13.5. The van der Waals surface area contributed by atoms with Crippen molar-refractivity contribution in [1.29, 1.82) is 0 Å². The smallest absolute Gasteiger partial charge is 0.273 e. The number of carbonyl (C=O) groups is 1. The highest BCUT2D eigenvalue weighted by molar-refractivity contribution is 5.92. The Labute approximate surface area is 140 Å². The highest BCUT2D eigenvalue weighted by Crippen LogP contribution is 2.29. The van der Waals surface area contributed by atoms with Gasteiger partial charge in [-0.15, -0.1) is 5.10 Å². The molecule has 24 heavy (non-hydrogen) atoms. The second-order valence-electron chi connectivity index (χ2n) is 6.26. The van der Waals surface area contributed by atoms with Gasteiger partial charge in [-0.1, -0.05) is 23.8 Å². The van der Waals surface area contributed by atoms with Crippen LogP contribution in [0.15, 0.2) is 30.5 Å². The van der Waals surface area contributed by atoms with Crippen molar-refractivity contribution in [2.75, 3.05) is 6.54 Å². The first-order chi connectivity index (χ1) is 11.7. The van der Waals surface area contributed by atoms with E-state index in [0.29, 0.717) is 24.7 Å². The lowest BCUT2D eigenvalue weighted by Gasteiger charge is -2.20. The van der Waals surface area contributed by atoms with E-state index in [1.807, 2.05) is 12.1 Å². The molecule has 6 nitrogen and oxygen atoms in total. The molecule has 1 amide bonds. The Kier molecular flexibility index (Phi) is 5.20. The summed E-state index contributed by atoms with van der Waals surface area (Å²) < 4.78 is 14.6. The number of benzene rings is 1. The number of nitrogens with one attached hydrogen (secondary N) is 1. The molecule has 1 aliphatic carbocycles. The van der Waals surface area contributed by atoms with Crippen LogP contribution >= 0.6 is 0 Å². The number of aromatic nitrogens is 3. The minimum atomic E-state index is -0.226. The predicted octanol–water partition coefficient (Wildman–Crippen LogP) is 1.52. The highest BCUT2D eigenvalue weighted by Gasteiger charge is 2.29. The summed E-state index contributed by atoms with van der Waals surface area (Å²) in [5.74, 6) is -0.0663. The van der Waals surface area contributed by atoms with Crippen molar-refractivity contribution in [3.05, 3.63) is 47.5 Å². The molecule has 1 aromatic carbocycles. The van der Waals surface area contributed by atoms with E-state index in [1.54, 1.807) is 10.9 Å². The SMILES string of the molecule is NCCn1cc(C(=O)N[C@@H]2CCC[C@@H]2Cc2ccc(F)cc2)nn1. The van der Waals surface area contributed by atoms with Crippen molar-refractivity contribution in [3.8, 4) is 0 Å². The summed E-state index contributed by atoms with van der Waals surface area (Å²) in [6, 6.07) is 6.69. The van der Waals surface area contributed by atoms with Gasteiger partial charge >= 0.3 is 0 Å². The van der Waals surface area contributed by atoms with Crippen LogP contribution in [0.1, 0.15) is 35.3 Å². The molecule has 1 saturated carbocycles. The van der Waals surface area contributed by atoms with E-state index < -0.39 is 0 Å². The van der Waals surface area contributed by atoms with Crippen LogP contribution < -0.4 is 11.1 Å². The fraction of sp³-hybridized carbons (Fsp3) is 0.471. The lowest BCUT2D eigenvalue weighted by Crippen LogP contribution is -2.38. The molecule has 3 N–H and O–H groups in total. The van der Waals surface area contributed by atoms with Gasteiger partial charge < -0.3 is 11.1 Å². The first-order valence-corrected chi connectivity index (χ1v) is 8.31. The number of nitrogens with two attached hydrogens (primary N) is 1. The van der Waals surface area contributed by atoms with E-state index in [9.17, 15) is 9.18 Å². The standard InChI is InChI=1S/C17H22FN5O/c18-14-6-4-12(5-7-14)10-13-2-1-3-15(13)20-17(24)16-11-23(9-8-19)22-21-16/h4-7,11,13,15H,1-3,8-10,19H2,(H,20,24)/t13-,15-/m1/s1. The summed E-state index contributed by atoms with van der Waals surface area (Å²) in [5.41, 5.74) is 6.88. The molecule has 1 heterocycles. The minimum Gasteiger partial charge on any atom is -0.348 e. The topological polar surface area (TPSA) is 85.8 Å². The molecule has 3 rings (SSSR count). The molecule has 0 saturated heterocycles. The maximum absolute atomic E-state index is 13.0. The van der Waals surface area contributed by atoms with Gasteiger partial charge in [-0.3, -0.25) is 9.48 Å². The fourth-order valence-electron chi connectivity index (χ4n) is 3.28. The van der Waals surface area contributed by atoms with E-state index in [2.05, 4.69) is 15.6 Å². The predicted molar refractivity (Wildman–Crippen MR) is 87.8 cm³/mol. The van der Waals surface area contributed by atoms with Crippen LogP contribution in [0.25, 0.3) is 0 Å². The Morgan fingerprint density at radius 3 is 2.88 bits per heavy atom. The maximum atomic E-state index is 13.0. The zero-order chi connectivity index (χ0) is 16.9. The number of carbonyl (C=O) groups excluding carboxylic acids is 1. The van der Waals surface area contributed by atoms with Crippen LogP contribution in [0.3, 0.4) is 0 Å². The molecule has 7 heteroatoms. The lowest BCUT2D eigenvalue weighted by atomic mass is 9.94. The molecular formula is C17H22FN5O. The number of rotatable bonds is 6. The first kappa shape index (κ1) is 16.6. The lowest BCUT2D eigenvalue weighted by molar-refractivity contribution is 0.0922. The summed E-state index contributed by atoms with van der Waals surface area (Å²) in [6.07, 6.45) is 5.55. The second kappa shape index (κ2) is 7.53. The van der Waals surface area contributed by atoms with E-state index >= 15 is 0 Å². The third-order valence-electron chi connectivity index (χ3n) is 4.52. The average molecular weight is 331 g/mol. The van der Waals surface area contributed by atoms with Gasteiger partial charge in [-0.05, 0) is 42.9 Å². The number of amides is 1. The molecule has 0 bridgehead atoms. The molecule has 2 atom stereocenters. The molecule has 0 radical (unpaired) electrons. The summed E-state index contributed by atoms with van der Waals surface area (Å²) >= 11 is 0. The van der Waals surface area contributed by atoms with Crippen LogP contribution in [0, 0.1) is 11.7 Å². The van der Waals surface area contributed by atoms with Crippen molar-refractivity contribution in [3.63, 3.8) is 0 Å². The number of halogens is 1. The molecule has 2 aromatic rings. The molecule has 1 aliphatic rings. The van der Waals surface area contributed by atoms with Crippen LogP contribution in [0.5, 0.6) is 0 Å². The molecule has 0 unspecified atom stereocenters. The summed E-state index contributed by atoms with van der Waals surface area (Å²) in [4.78, 5) is 12.4. The van der Waals surface area contributed by atoms with Crippen LogP contribution in [0.2, 0.25) is 0 Å². The fourth-order valence-corrected chi connectivity index (χ4v) is 3.28. The Morgan fingerprint density at radius 1 is 1.33 bits per heavy atom. The highest BCUT2D eigenvalue weighted by atomic mass is 19.1. The van der Waals surface area contributed by atoms with Crippen molar-refractivity contribution in [1.82, 2.24) is 20.3 Å². The minimum absolute atomic E-state index is 0.113. The van der Waals surface area contributed by atoms with Crippen molar-refractivity contribution >= 4 is 5.91 Å². The number of hydrogen-bond donors (Lipinski definition) is 2. The monoisotopic (exact) mass is 331 g/mol. The van der Waals surface area contributed by atoms with Crippen molar-refractivity contribution in [2.24, 2.45) is 11.7 Å². The van der Waals surface area contributed by atoms with Gasteiger partial charge in [0.2, 0.25) is 0 Å². The van der Waals surface area contributed by atoms with Crippen molar-refractivity contribution in [2.45, 2.75) is 38.3 Å². The average Bonchev–Trinajstić information content (AvgIpc) is 3.20. The van der Waals surface area contributed by atoms with Gasteiger partial charge in [0.25, 0.3) is 5.91 Å². The quantitative estimate of drug-likeness (QED) is 0.840. The molecule has 0 spiro atoms. The molecule has 1 fully saturated rings.